The van der Waals surface area contributed by atoms with Crippen LogP contribution in [0.1, 0.15) is 27.7 Å². The maximum Gasteiger partial charge on any atom is 0.0708 e. The van der Waals surface area contributed by atoms with Gasteiger partial charge < -0.3 is 4.74 Å². The van der Waals surface area contributed by atoms with Gasteiger partial charge in [-0.05, 0) is 19.8 Å². The first-order valence-corrected chi connectivity index (χ1v) is 2.94. The average Bonchev–Trinajstić information content (AvgIpc) is 1.67. The van der Waals surface area contributed by atoms with E-state index in [1.54, 1.807) is 0 Å². The van der Waals surface area contributed by atoms with Gasteiger partial charge in [-0.25, -0.2) is 0 Å². The van der Waals surface area contributed by atoms with Gasteiger partial charge in [-0.2, -0.15) is 0 Å². The SMILES string of the molecule is [CH2]OC(C)(C)C(C)C. The second-order valence-electron chi connectivity index (χ2n) is 2.90. The Labute approximate surface area is 52.0 Å². The lowest BCUT2D eigenvalue weighted by Crippen LogP contribution is -2.28. The highest BCUT2D eigenvalue weighted by atomic mass is 16.5. The van der Waals surface area contributed by atoms with E-state index in [9.17, 15) is 0 Å². The molecule has 1 heteroatoms. The van der Waals surface area contributed by atoms with Crippen LogP contribution in [-0.4, -0.2) is 5.60 Å². The van der Waals surface area contributed by atoms with Crippen LogP contribution in [-0.2, 0) is 4.74 Å². The maximum absolute atomic E-state index is 4.95. The summed E-state index contributed by atoms with van der Waals surface area (Å²) in [5.41, 5.74) is -0.0694. The predicted octanol–water partition coefficient (Wildman–Crippen LogP) is 2.23. The summed E-state index contributed by atoms with van der Waals surface area (Å²) in [6.45, 7) is 8.30. The fourth-order valence-electron chi connectivity index (χ4n) is 0.167. The Morgan fingerprint density at radius 2 is 1.75 bits per heavy atom. The normalized spacial score (nSPS) is 12.8. The Balaban J connectivity index is 3.71. The molecule has 0 saturated heterocycles. The molecule has 1 nitrogen and oxygen atoms in total. The van der Waals surface area contributed by atoms with Gasteiger partial charge >= 0.3 is 0 Å². The summed E-state index contributed by atoms with van der Waals surface area (Å²) >= 11 is 0. The molecule has 0 aromatic carbocycles. The summed E-state index contributed by atoms with van der Waals surface area (Å²) in [5, 5.41) is 0. The third-order valence-corrected chi connectivity index (χ3v) is 1.76. The number of ether oxygens (including phenoxy) is 1. The Bertz CT molecular complexity index is 64.8. The molecule has 0 saturated carbocycles. The van der Waals surface area contributed by atoms with Gasteiger partial charge in [0.15, 0.2) is 0 Å². The number of rotatable bonds is 2. The highest BCUT2D eigenvalue weighted by Crippen LogP contribution is 2.18. The van der Waals surface area contributed by atoms with Crippen molar-refractivity contribution in [1.82, 2.24) is 0 Å². The van der Waals surface area contributed by atoms with Crippen molar-refractivity contribution < 1.29 is 4.74 Å². The van der Waals surface area contributed by atoms with Crippen molar-refractivity contribution in [3.05, 3.63) is 7.11 Å². The molecular formula is C7H15O. The molecule has 49 valence electrons. The van der Waals surface area contributed by atoms with Gasteiger partial charge in [0.1, 0.15) is 0 Å². The Hall–Kier alpha value is -0.0400. The van der Waals surface area contributed by atoms with Gasteiger partial charge in [-0.15, -0.1) is 0 Å². The summed E-state index contributed by atoms with van der Waals surface area (Å²) in [7, 11) is 3.38. The van der Waals surface area contributed by atoms with E-state index in [1.165, 1.54) is 0 Å². The molecule has 0 heterocycles. The van der Waals surface area contributed by atoms with Crippen LogP contribution >= 0.6 is 0 Å². The zero-order valence-electron chi connectivity index (χ0n) is 6.19. The van der Waals surface area contributed by atoms with Gasteiger partial charge in [0.25, 0.3) is 0 Å². The molecule has 0 fully saturated rings. The van der Waals surface area contributed by atoms with Crippen molar-refractivity contribution in [2.24, 2.45) is 5.92 Å². The first-order valence-electron chi connectivity index (χ1n) is 2.94. The first-order chi connectivity index (χ1) is 3.50. The highest BCUT2D eigenvalue weighted by molar-refractivity contribution is 4.71. The van der Waals surface area contributed by atoms with Crippen LogP contribution < -0.4 is 0 Å². The minimum Gasteiger partial charge on any atom is -0.373 e. The molecule has 0 aromatic rings. The topological polar surface area (TPSA) is 9.23 Å². The van der Waals surface area contributed by atoms with Crippen LogP contribution in [0.4, 0.5) is 0 Å². The molecule has 0 aromatic heterocycles. The lowest BCUT2D eigenvalue weighted by Gasteiger charge is -2.26. The number of hydrogen-bond donors (Lipinski definition) is 0. The fourth-order valence-corrected chi connectivity index (χ4v) is 0.167. The van der Waals surface area contributed by atoms with Crippen molar-refractivity contribution in [2.45, 2.75) is 33.3 Å². The van der Waals surface area contributed by atoms with E-state index in [-0.39, 0.29) is 5.60 Å². The molecule has 0 atom stereocenters. The van der Waals surface area contributed by atoms with Crippen molar-refractivity contribution in [2.75, 3.05) is 0 Å². The second kappa shape index (κ2) is 2.49. The summed E-state index contributed by atoms with van der Waals surface area (Å²) in [6, 6.07) is 0. The minimum absolute atomic E-state index is 0.0694. The molecular weight excluding hydrogens is 100 g/mol. The zero-order valence-corrected chi connectivity index (χ0v) is 6.19. The van der Waals surface area contributed by atoms with Gasteiger partial charge in [-0.1, -0.05) is 13.8 Å². The van der Waals surface area contributed by atoms with E-state index < -0.39 is 0 Å². The van der Waals surface area contributed by atoms with Crippen LogP contribution in [0.15, 0.2) is 0 Å². The largest absolute Gasteiger partial charge is 0.373 e. The van der Waals surface area contributed by atoms with Gasteiger partial charge in [0.2, 0.25) is 0 Å². The molecule has 0 aliphatic heterocycles. The van der Waals surface area contributed by atoms with Crippen LogP contribution in [0.25, 0.3) is 0 Å². The van der Waals surface area contributed by atoms with E-state index in [0.717, 1.165) is 0 Å². The lowest BCUT2D eigenvalue weighted by molar-refractivity contribution is 0.00996. The summed E-state index contributed by atoms with van der Waals surface area (Å²) in [5.74, 6) is 0.528. The fraction of sp³-hybridized carbons (Fsp3) is 0.857. The van der Waals surface area contributed by atoms with Crippen LogP contribution in [0.5, 0.6) is 0 Å². The quantitative estimate of drug-likeness (QED) is 0.536. The Kier molecular flexibility index (Phi) is 2.48. The van der Waals surface area contributed by atoms with Crippen molar-refractivity contribution in [3.63, 3.8) is 0 Å². The van der Waals surface area contributed by atoms with Gasteiger partial charge in [0, 0.05) is 0 Å². The van der Waals surface area contributed by atoms with E-state index >= 15 is 0 Å². The zero-order chi connectivity index (χ0) is 6.78. The van der Waals surface area contributed by atoms with E-state index in [1.807, 2.05) is 13.8 Å². The summed E-state index contributed by atoms with van der Waals surface area (Å²) < 4.78 is 4.95. The number of hydrogen-bond acceptors (Lipinski definition) is 1. The molecule has 0 aliphatic rings. The van der Waals surface area contributed by atoms with Crippen molar-refractivity contribution >= 4 is 0 Å². The summed E-state index contributed by atoms with van der Waals surface area (Å²) in [6.07, 6.45) is 0. The average molecular weight is 115 g/mol. The lowest BCUT2D eigenvalue weighted by atomic mass is 9.95. The summed E-state index contributed by atoms with van der Waals surface area (Å²) in [4.78, 5) is 0. The smallest absolute Gasteiger partial charge is 0.0708 e. The van der Waals surface area contributed by atoms with Crippen molar-refractivity contribution in [3.8, 4) is 0 Å². The van der Waals surface area contributed by atoms with Crippen LogP contribution in [0.3, 0.4) is 0 Å². The van der Waals surface area contributed by atoms with E-state index in [0.29, 0.717) is 5.92 Å². The molecule has 1 radical (unpaired) electrons. The molecule has 0 unspecified atom stereocenters. The van der Waals surface area contributed by atoms with Gasteiger partial charge in [0.05, 0.1) is 12.7 Å². The van der Waals surface area contributed by atoms with E-state index in [2.05, 4.69) is 21.0 Å². The van der Waals surface area contributed by atoms with Gasteiger partial charge in [-0.3, -0.25) is 0 Å². The van der Waals surface area contributed by atoms with E-state index in [4.69, 9.17) is 4.74 Å². The molecule has 8 heavy (non-hydrogen) atoms. The molecule has 0 aliphatic carbocycles. The van der Waals surface area contributed by atoms with Crippen LogP contribution in [0, 0.1) is 13.0 Å². The third kappa shape index (κ3) is 1.83. The first kappa shape index (κ1) is 7.96. The standard InChI is InChI=1S/C7H15O/c1-6(2)7(3,4)8-5/h6H,5H2,1-4H3. The molecule has 0 spiro atoms. The minimum atomic E-state index is -0.0694. The molecule has 0 rings (SSSR count). The molecule has 0 bridgehead atoms. The predicted molar refractivity (Wildman–Crippen MR) is 35.4 cm³/mol. The Morgan fingerprint density at radius 1 is 1.38 bits per heavy atom. The molecule has 0 N–H and O–H groups in total. The Morgan fingerprint density at radius 3 is 1.75 bits per heavy atom. The third-order valence-electron chi connectivity index (χ3n) is 1.76. The monoisotopic (exact) mass is 115 g/mol. The van der Waals surface area contributed by atoms with Crippen molar-refractivity contribution in [1.29, 1.82) is 0 Å². The second-order valence-corrected chi connectivity index (χ2v) is 2.90. The highest BCUT2D eigenvalue weighted by Gasteiger charge is 2.20. The maximum atomic E-state index is 4.95. The van der Waals surface area contributed by atoms with Crippen LogP contribution in [0.2, 0.25) is 0 Å². The molecule has 0 amide bonds.